The van der Waals surface area contributed by atoms with Crippen LogP contribution in [0, 0.1) is 0 Å². The van der Waals surface area contributed by atoms with Crippen molar-refractivity contribution in [3.05, 3.63) is 121 Å². The van der Waals surface area contributed by atoms with Gasteiger partial charge in [0.25, 0.3) is 0 Å². The van der Waals surface area contributed by atoms with E-state index in [1.54, 1.807) is 48.5 Å². The molecule has 0 aliphatic heterocycles. The molecule has 0 saturated heterocycles. The van der Waals surface area contributed by atoms with Crippen LogP contribution in [0.5, 0.6) is 0 Å². The maximum Gasteiger partial charge on any atom is 0.306 e. The van der Waals surface area contributed by atoms with E-state index >= 15 is 9.13 Å². The van der Waals surface area contributed by atoms with Crippen LogP contribution in [0.4, 0.5) is 0 Å². The SMILES string of the molecule is COC(=O)CC(P(=O)(c1ccccc1)c1ccccc1)P(=O)(c1ccccc1)c1ccccc1. The zero-order valence-corrected chi connectivity index (χ0v) is 20.6. The van der Waals surface area contributed by atoms with E-state index in [1.807, 2.05) is 72.8 Å². The van der Waals surface area contributed by atoms with E-state index in [1.165, 1.54) is 7.11 Å². The minimum Gasteiger partial charge on any atom is -0.469 e. The van der Waals surface area contributed by atoms with Crippen molar-refractivity contribution < 1.29 is 18.7 Å². The molecule has 0 N–H and O–H groups in total. The molecule has 0 fully saturated rings. The molecular weight excluding hydrogens is 462 g/mol. The number of esters is 1. The molecule has 0 unspecified atom stereocenters. The Hall–Kier alpha value is -3.19. The molecule has 0 aliphatic rings. The number of hydrogen-bond acceptors (Lipinski definition) is 4. The van der Waals surface area contributed by atoms with Gasteiger partial charge < -0.3 is 13.9 Å². The number of hydrogen-bond donors (Lipinski definition) is 0. The molecule has 4 aromatic rings. The molecule has 34 heavy (non-hydrogen) atoms. The highest BCUT2D eigenvalue weighted by atomic mass is 31.2. The van der Waals surface area contributed by atoms with Gasteiger partial charge in [0.05, 0.1) is 18.9 Å². The van der Waals surface area contributed by atoms with Crippen molar-refractivity contribution in [2.24, 2.45) is 0 Å². The molecule has 0 radical (unpaired) electrons. The first-order valence-corrected chi connectivity index (χ1v) is 14.5. The van der Waals surface area contributed by atoms with Crippen molar-refractivity contribution in [3.8, 4) is 0 Å². The van der Waals surface area contributed by atoms with Crippen molar-refractivity contribution in [2.45, 2.75) is 11.8 Å². The Labute approximate surface area is 200 Å². The van der Waals surface area contributed by atoms with Crippen molar-refractivity contribution >= 4 is 41.5 Å². The summed E-state index contributed by atoms with van der Waals surface area (Å²) in [4.78, 5) is 12.8. The second kappa shape index (κ2) is 10.4. The Morgan fingerprint density at radius 3 is 1.09 bits per heavy atom. The number of carbonyl (C=O) groups excluding carboxylic acids is 1. The number of ether oxygens (including phenoxy) is 1. The quantitative estimate of drug-likeness (QED) is 0.261. The van der Waals surface area contributed by atoms with Crippen LogP contribution < -0.4 is 21.2 Å². The predicted octanol–water partition coefficient (Wildman–Crippen LogP) is 4.90. The number of methoxy groups -OCH3 is 1. The van der Waals surface area contributed by atoms with Crippen LogP contribution in [0.15, 0.2) is 121 Å². The maximum absolute atomic E-state index is 15.4. The molecule has 0 aliphatic carbocycles. The minimum absolute atomic E-state index is 0.251. The highest BCUT2D eigenvalue weighted by molar-refractivity contribution is 7.95. The summed E-state index contributed by atoms with van der Waals surface area (Å²) in [5, 5.41) is 1.20. The summed E-state index contributed by atoms with van der Waals surface area (Å²) in [5.41, 5.74) is 0. The van der Waals surface area contributed by atoms with Gasteiger partial charge in [-0.1, -0.05) is 121 Å². The van der Waals surface area contributed by atoms with Gasteiger partial charge in [0.2, 0.25) is 0 Å². The molecule has 172 valence electrons. The Morgan fingerprint density at radius 2 is 0.853 bits per heavy atom. The normalized spacial score (nSPS) is 11.8. The molecule has 0 bridgehead atoms. The molecule has 0 aromatic heterocycles. The first-order valence-electron chi connectivity index (χ1n) is 11.0. The van der Waals surface area contributed by atoms with E-state index in [2.05, 4.69) is 0 Å². The summed E-state index contributed by atoms with van der Waals surface area (Å²) in [5.74, 6) is -0.552. The molecule has 4 rings (SSSR count). The van der Waals surface area contributed by atoms with Gasteiger partial charge in [-0.05, 0) is 0 Å². The van der Waals surface area contributed by atoms with Crippen LogP contribution in [0.1, 0.15) is 6.42 Å². The summed E-state index contributed by atoms with van der Waals surface area (Å²) < 4.78 is 35.8. The molecule has 0 atom stereocenters. The average Bonchev–Trinajstić information content (AvgIpc) is 2.92. The lowest BCUT2D eigenvalue weighted by Gasteiger charge is -2.35. The second-order valence-electron chi connectivity index (χ2n) is 7.92. The van der Waals surface area contributed by atoms with Gasteiger partial charge in [-0.15, -0.1) is 0 Å². The van der Waals surface area contributed by atoms with Gasteiger partial charge in [0, 0.05) is 21.2 Å². The van der Waals surface area contributed by atoms with Gasteiger partial charge in [-0.25, -0.2) is 0 Å². The van der Waals surface area contributed by atoms with E-state index in [9.17, 15) is 4.79 Å². The molecule has 0 saturated carbocycles. The average molecular weight is 488 g/mol. The van der Waals surface area contributed by atoms with E-state index in [4.69, 9.17) is 4.74 Å². The van der Waals surface area contributed by atoms with Crippen molar-refractivity contribution in [3.63, 3.8) is 0 Å². The highest BCUT2D eigenvalue weighted by Crippen LogP contribution is 2.67. The first-order chi connectivity index (χ1) is 16.5. The number of benzene rings is 4. The van der Waals surface area contributed by atoms with E-state index in [-0.39, 0.29) is 6.42 Å². The highest BCUT2D eigenvalue weighted by Gasteiger charge is 2.50. The summed E-state index contributed by atoms with van der Waals surface area (Å²) >= 11 is 0. The molecular formula is C28H26O4P2. The van der Waals surface area contributed by atoms with Gasteiger partial charge in [-0.3, -0.25) is 4.79 Å². The van der Waals surface area contributed by atoms with Gasteiger partial charge >= 0.3 is 5.97 Å². The monoisotopic (exact) mass is 488 g/mol. The largest absolute Gasteiger partial charge is 0.469 e. The molecule has 0 spiro atoms. The lowest BCUT2D eigenvalue weighted by molar-refractivity contribution is -0.140. The zero-order chi connectivity index (χ0) is 24.0. The Kier molecular flexibility index (Phi) is 7.32. The van der Waals surface area contributed by atoms with Gasteiger partial charge in [0.15, 0.2) is 14.3 Å². The van der Waals surface area contributed by atoms with Crippen LogP contribution in [0.2, 0.25) is 0 Å². The molecule has 6 heteroatoms. The maximum atomic E-state index is 15.4. The molecule has 0 amide bonds. The Balaban J connectivity index is 2.09. The molecule has 4 nitrogen and oxygen atoms in total. The lowest BCUT2D eigenvalue weighted by atomic mass is 10.4. The second-order valence-corrected chi connectivity index (χ2v) is 14.3. The number of carbonyl (C=O) groups is 1. The third-order valence-corrected chi connectivity index (χ3v) is 14.2. The van der Waals surface area contributed by atoms with E-state index < -0.39 is 25.7 Å². The van der Waals surface area contributed by atoms with Crippen LogP contribution in [0.25, 0.3) is 0 Å². The zero-order valence-electron chi connectivity index (χ0n) is 18.9. The number of rotatable bonds is 8. The van der Waals surface area contributed by atoms with E-state index in [0.717, 1.165) is 0 Å². The van der Waals surface area contributed by atoms with Gasteiger partial charge in [0.1, 0.15) is 0 Å². The Bertz CT molecular complexity index is 1140. The standard InChI is InChI=1S/C28H26O4P2/c1-32-27(29)22-28(33(30,23-14-6-2-7-15-23)24-16-8-3-9-17-24)34(31,25-18-10-4-11-19-25)26-20-12-5-13-21-26/h2-21,28H,22H2,1H3. The summed E-state index contributed by atoms with van der Waals surface area (Å²) in [6, 6.07) is 36.2. The van der Waals surface area contributed by atoms with Crippen LogP contribution in [-0.4, -0.2) is 18.5 Å². The fourth-order valence-electron chi connectivity index (χ4n) is 4.30. The van der Waals surface area contributed by atoms with Crippen molar-refractivity contribution in [2.75, 3.05) is 7.11 Å². The lowest BCUT2D eigenvalue weighted by Crippen LogP contribution is -2.34. The summed E-state index contributed by atoms with van der Waals surface area (Å²) in [6.07, 6.45) is -0.251. The summed E-state index contributed by atoms with van der Waals surface area (Å²) in [6.45, 7) is 0. The van der Waals surface area contributed by atoms with E-state index in [0.29, 0.717) is 21.2 Å². The molecule has 0 heterocycles. The predicted molar refractivity (Wildman–Crippen MR) is 140 cm³/mol. The third-order valence-electron chi connectivity index (χ3n) is 5.98. The summed E-state index contributed by atoms with van der Waals surface area (Å²) in [7, 11) is -5.94. The molecule has 4 aromatic carbocycles. The fraction of sp³-hybridized carbons (Fsp3) is 0.107. The van der Waals surface area contributed by atoms with Crippen molar-refractivity contribution in [1.82, 2.24) is 0 Å². The van der Waals surface area contributed by atoms with Crippen LogP contribution in [0.3, 0.4) is 0 Å². The minimum atomic E-state index is -3.62. The smallest absolute Gasteiger partial charge is 0.306 e. The third kappa shape index (κ3) is 4.44. The first kappa shape index (κ1) is 24.0. The van der Waals surface area contributed by atoms with Gasteiger partial charge in [-0.2, -0.15) is 0 Å². The van der Waals surface area contributed by atoms with Crippen molar-refractivity contribution in [1.29, 1.82) is 0 Å². The van der Waals surface area contributed by atoms with Crippen LogP contribution in [-0.2, 0) is 18.7 Å². The fourth-order valence-corrected chi connectivity index (χ4v) is 13.0. The van der Waals surface area contributed by atoms with Crippen LogP contribution >= 0.6 is 14.3 Å². The topological polar surface area (TPSA) is 60.4 Å². The Morgan fingerprint density at radius 1 is 0.588 bits per heavy atom.